The highest BCUT2D eigenvalue weighted by Crippen LogP contribution is 2.18. The molecular weight excluding hydrogens is 228 g/mol. The van der Waals surface area contributed by atoms with Gasteiger partial charge >= 0.3 is 5.97 Å². The minimum Gasteiger partial charge on any atom is -0.511 e. The zero-order chi connectivity index (χ0) is 12.9. The summed E-state index contributed by atoms with van der Waals surface area (Å²) < 4.78 is 5.78. The van der Waals surface area contributed by atoms with Crippen molar-refractivity contribution in [2.75, 3.05) is 0 Å². The summed E-state index contributed by atoms with van der Waals surface area (Å²) in [4.78, 5) is 11.8. The molecule has 2 nitrogen and oxygen atoms in total. The van der Waals surface area contributed by atoms with Crippen molar-refractivity contribution >= 4 is 19.5 Å². The van der Waals surface area contributed by atoms with Gasteiger partial charge in [-0.3, -0.25) is 0 Å². The fourth-order valence-electron chi connectivity index (χ4n) is 1.87. The highest BCUT2D eigenvalue weighted by molar-refractivity contribution is 6.87. The van der Waals surface area contributed by atoms with E-state index in [0.29, 0.717) is 5.57 Å². The molecule has 1 aromatic carbocycles. The van der Waals surface area contributed by atoms with Crippen LogP contribution in [-0.4, -0.2) is 14.3 Å². The van der Waals surface area contributed by atoms with Crippen LogP contribution in [0.3, 0.4) is 0 Å². The number of carbonyl (C=O) groups excluding carboxylic acids is 1. The Morgan fingerprint density at radius 3 is 2.18 bits per heavy atom. The summed E-state index contributed by atoms with van der Waals surface area (Å²) in [5.41, 5.74) is 0.472. The van der Waals surface area contributed by atoms with E-state index < -0.39 is 8.32 Å². The molecule has 0 saturated carbocycles. The summed E-state index contributed by atoms with van der Waals surface area (Å²) in [6, 6.07) is 11.9. The molecule has 0 aliphatic rings. The monoisotopic (exact) mass is 248 g/mol. The van der Waals surface area contributed by atoms with Crippen LogP contribution < -0.4 is 5.19 Å². The molecule has 17 heavy (non-hydrogen) atoms. The summed E-state index contributed by atoms with van der Waals surface area (Å²) in [7, 11) is -2.16. The van der Waals surface area contributed by atoms with Gasteiger partial charge < -0.3 is 4.43 Å². The first-order chi connectivity index (χ1) is 8.05. The Kier molecular flexibility index (Phi) is 4.69. The SMILES string of the molecule is C=C(C)C(=O)O[Si](CC)(CC)c1ccccc1. The van der Waals surface area contributed by atoms with Crippen molar-refractivity contribution in [3.05, 3.63) is 42.5 Å². The van der Waals surface area contributed by atoms with Gasteiger partial charge in [-0.2, -0.15) is 0 Å². The molecule has 1 rings (SSSR count). The van der Waals surface area contributed by atoms with Gasteiger partial charge in [-0.15, -0.1) is 0 Å². The second-order valence-electron chi connectivity index (χ2n) is 4.24. The maximum absolute atomic E-state index is 11.8. The first kappa shape index (κ1) is 13.7. The molecule has 1 aromatic rings. The normalized spacial score (nSPS) is 11.0. The summed E-state index contributed by atoms with van der Waals surface area (Å²) in [5, 5.41) is 1.18. The van der Waals surface area contributed by atoms with E-state index in [9.17, 15) is 4.79 Å². The highest BCUT2D eigenvalue weighted by Gasteiger charge is 2.37. The van der Waals surface area contributed by atoms with Gasteiger partial charge in [-0.1, -0.05) is 50.8 Å². The Hall–Kier alpha value is -1.35. The van der Waals surface area contributed by atoms with E-state index in [-0.39, 0.29) is 5.97 Å². The molecule has 0 unspecified atom stereocenters. The van der Waals surface area contributed by atoms with Crippen LogP contribution in [0.1, 0.15) is 20.8 Å². The van der Waals surface area contributed by atoms with Gasteiger partial charge in [-0.25, -0.2) is 4.79 Å². The zero-order valence-electron chi connectivity index (χ0n) is 10.8. The Labute approximate surface area is 104 Å². The van der Waals surface area contributed by atoms with Crippen LogP contribution in [0.25, 0.3) is 0 Å². The average molecular weight is 248 g/mol. The van der Waals surface area contributed by atoms with Crippen molar-refractivity contribution in [2.45, 2.75) is 32.9 Å². The predicted octanol–water partition coefficient (Wildman–Crippen LogP) is 3.00. The van der Waals surface area contributed by atoms with Crippen molar-refractivity contribution in [1.82, 2.24) is 0 Å². The molecule has 0 aromatic heterocycles. The molecule has 0 radical (unpaired) electrons. The lowest BCUT2D eigenvalue weighted by molar-refractivity contribution is -0.130. The predicted molar refractivity (Wildman–Crippen MR) is 73.7 cm³/mol. The molecule has 0 amide bonds. The lowest BCUT2D eigenvalue weighted by Gasteiger charge is -2.29. The molecule has 0 fully saturated rings. The fraction of sp³-hybridized carbons (Fsp3) is 0.357. The second-order valence-corrected chi connectivity index (χ2v) is 8.42. The minimum atomic E-state index is -2.16. The first-order valence-electron chi connectivity index (χ1n) is 6.00. The van der Waals surface area contributed by atoms with Gasteiger partial charge in [0.25, 0.3) is 8.32 Å². The summed E-state index contributed by atoms with van der Waals surface area (Å²) in [6.07, 6.45) is 0. The van der Waals surface area contributed by atoms with Gasteiger partial charge in [0.05, 0.1) is 0 Å². The molecule has 0 heterocycles. The van der Waals surface area contributed by atoms with Crippen LogP contribution in [0.2, 0.25) is 12.1 Å². The molecular formula is C14H20O2Si. The molecule has 3 heteroatoms. The standard InChI is InChI=1S/C14H20O2Si/c1-5-17(6-2,16-14(15)12(3)4)13-10-8-7-9-11-13/h7-11H,3,5-6H2,1-2,4H3. The molecule has 0 N–H and O–H groups in total. The maximum Gasteiger partial charge on any atom is 0.320 e. The van der Waals surface area contributed by atoms with E-state index in [1.54, 1.807) is 6.92 Å². The van der Waals surface area contributed by atoms with Gasteiger partial charge in [0.2, 0.25) is 0 Å². The van der Waals surface area contributed by atoms with E-state index in [4.69, 9.17) is 4.43 Å². The molecule has 0 aliphatic heterocycles. The molecule has 0 bridgehead atoms. The summed E-state index contributed by atoms with van der Waals surface area (Å²) in [5.74, 6) is -0.260. The Morgan fingerprint density at radius 2 is 1.76 bits per heavy atom. The number of carbonyl (C=O) groups is 1. The Balaban J connectivity index is 3.06. The van der Waals surface area contributed by atoms with E-state index in [2.05, 4.69) is 32.6 Å². The number of hydrogen-bond acceptors (Lipinski definition) is 2. The third kappa shape index (κ3) is 3.06. The maximum atomic E-state index is 11.8. The molecule has 92 valence electrons. The smallest absolute Gasteiger partial charge is 0.320 e. The zero-order valence-corrected chi connectivity index (χ0v) is 11.8. The van der Waals surface area contributed by atoms with E-state index in [0.717, 1.165) is 12.1 Å². The molecule has 0 spiro atoms. The van der Waals surface area contributed by atoms with Crippen molar-refractivity contribution < 1.29 is 9.22 Å². The van der Waals surface area contributed by atoms with Gasteiger partial charge in [-0.05, 0) is 24.2 Å². The highest BCUT2D eigenvalue weighted by atomic mass is 28.4. The molecule has 0 atom stereocenters. The molecule has 0 aliphatic carbocycles. The van der Waals surface area contributed by atoms with Gasteiger partial charge in [0.15, 0.2) is 0 Å². The molecule has 0 saturated heterocycles. The van der Waals surface area contributed by atoms with Crippen molar-refractivity contribution in [2.24, 2.45) is 0 Å². The third-order valence-corrected chi connectivity index (χ3v) is 7.32. The van der Waals surface area contributed by atoms with Crippen molar-refractivity contribution in [3.63, 3.8) is 0 Å². The van der Waals surface area contributed by atoms with Crippen molar-refractivity contribution in [1.29, 1.82) is 0 Å². The van der Waals surface area contributed by atoms with Crippen LogP contribution in [-0.2, 0) is 9.22 Å². The van der Waals surface area contributed by atoms with Gasteiger partial charge in [0, 0.05) is 5.57 Å². The second kappa shape index (κ2) is 5.82. The van der Waals surface area contributed by atoms with E-state index in [1.165, 1.54) is 5.19 Å². The van der Waals surface area contributed by atoms with Gasteiger partial charge in [0.1, 0.15) is 0 Å². The van der Waals surface area contributed by atoms with E-state index >= 15 is 0 Å². The number of hydrogen-bond donors (Lipinski definition) is 0. The summed E-state index contributed by atoms with van der Waals surface area (Å²) >= 11 is 0. The van der Waals surface area contributed by atoms with E-state index in [1.807, 2.05) is 18.2 Å². The van der Waals surface area contributed by atoms with Crippen molar-refractivity contribution in [3.8, 4) is 0 Å². The first-order valence-corrected chi connectivity index (χ1v) is 8.32. The average Bonchev–Trinajstić information content (AvgIpc) is 2.36. The summed E-state index contributed by atoms with van der Waals surface area (Å²) in [6.45, 7) is 9.52. The number of rotatable bonds is 5. The topological polar surface area (TPSA) is 26.3 Å². The number of benzene rings is 1. The third-order valence-electron chi connectivity index (χ3n) is 3.08. The van der Waals surface area contributed by atoms with Crippen LogP contribution in [0.5, 0.6) is 0 Å². The lowest BCUT2D eigenvalue weighted by atomic mass is 10.4. The quantitative estimate of drug-likeness (QED) is 0.591. The lowest BCUT2D eigenvalue weighted by Crippen LogP contribution is -2.51. The van der Waals surface area contributed by atoms with Crippen LogP contribution in [0.4, 0.5) is 0 Å². The fourth-order valence-corrected chi connectivity index (χ4v) is 4.92. The Morgan fingerprint density at radius 1 is 1.24 bits per heavy atom. The largest absolute Gasteiger partial charge is 0.511 e. The Bertz CT molecular complexity index is 394. The van der Waals surface area contributed by atoms with Crippen LogP contribution in [0, 0.1) is 0 Å². The van der Waals surface area contributed by atoms with Crippen LogP contribution in [0.15, 0.2) is 42.5 Å². The van der Waals surface area contributed by atoms with Crippen LogP contribution >= 0.6 is 0 Å². The minimum absolute atomic E-state index is 0.260.